The van der Waals surface area contributed by atoms with Crippen molar-refractivity contribution in [2.75, 3.05) is 5.32 Å². The SMILES string of the molecule is CC(=O)Nc1cc(F)c(C)c2c1C(=O)[C@@H](N)CC2. The van der Waals surface area contributed by atoms with Crippen molar-refractivity contribution in [2.45, 2.75) is 32.7 Å². The molecule has 0 saturated carbocycles. The lowest BCUT2D eigenvalue weighted by atomic mass is 9.83. The molecule has 1 aliphatic carbocycles. The summed E-state index contributed by atoms with van der Waals surface area (Å²) in [7, 11) is 0. The molecule has 0 radical (unpaired) electrons. The standard InChI is InChI=1S/C13H15FN2O2/c1-6-8-3-4-10(15)13(18)12(8)11(5-9(6)14)16-7(2)17/h5,10H,3-4,15H2,1-2H3,(H,16,17)/t10-/m0/s1. The predicted molar refractivity (Wildman–Crippen MR) is 66.1 cm³/mol. The second kappa shape index (κ2) is 4.49. The lowest BCUT2D eigenvalue weighted by Gasteiger charge is -2.24. The summed E-state index contributed by atoms with van der Waals surface area (Å²) in [5, 5.41) is 2.50. The third kappa shape index (κ3) is 2.01. The topological polar surface area (TPSA) is 72.2 Å². The molecule has 0 aromatic heterocycles. The molecule has 0 fully saturated rings. The highest BCUT2D eigenvalue weighted by atomic mass is 19.1. The number of carbonyl (C=O) groups is 2. The molecule has 0 bridgehead atoms. The van der Waals surface area contributed by atoms with Crippen molar-refractivity contribution in [3.63, 3.8) is 0 Å². The summed E-state index contributed by atoms with van der Waals surface area (Å²) in [6.45, 7) is 2.95. The zero-order chi connectivity index (χ0) is 13.4. The number of fused-ring (bicyclic) bond motifs is 1. The molecule has 5 heteroatoms. The number of ketones is 1. The molecule has 96 valence electrons. The second-order valence-corrected chi connectivity index (χ2v) is 4.58. The Morgan fingerprint density at radius 3 is 2.83 bits per heavy atom. The first-order valence-electron chi connectivity index (χ1n) is 5.81. The predicted octanol–water partition coefficient (Wildman–Crippen LogP) is 1.55. The first kappa shape index (κ1) is 12.7. The number of Topliss-reactive ketones (excluding diaryl/α,β-unsaturated/α-hetero) is 1. The largest absolute Gasteiger partial charge is 0.326 e. The Bertz CT molecular complexity index is 540. The van der Waals surface area contributed by atoms with Gasteiger partial charge in [0.15, 0.2) is 5.78 Å². The number of rotatable bonds is 1. The molecular formula is C13H15FN2O2. The summed E-state index contributed by atoms with van der Waals surface area (Å²) < 4.78 is 13.7. The van der Waals surface area contributed by atoms with Crippen LogP contribution < -0.4 is 11.1 Å². The van der Waals surface area contributed by atoms with E-state index in [-0.39, 0.29) is 17.4 Å². The molecule has 0 spiro atoms. The molecule has 1 amide bonds. The van der Waals surface area contributed by atoms with Crippen molar-refractivity contribution >= 4 is 17.4 Å². The molecular weight excluding hydrogens is 235 g/mol. The molecule has 1 aromatic rings. The van der Waals surface area contributed by atoms with Crippen LogP contribution in [0, 0.1) is 12.7 Å². The van der Waals surface area contributed by atoms with Crippen molar-refractivity contribution in [3.05, 3.63) is 28.6 Å². The number of halogens is 1. The number of amides is 1. The molecule has 0 aliphatic heterocycles. The lowest BCUT2D eigenvalue weighted by molar-refractivity contribution is -0.114. The van der Waals surface area contributed by atoms with Crippen LogP contribution in [0.25, 0.3) is 0 Å². The number of nitrogens with one attached hydrogen (secondary N) is 1. The molecule has 1 aromatic carbocycles. The Morgan fingerprint density at radius 1 is 1.56 bits per heavy atom. The van der Waals surface area contributed by atoms with Gasteiger partial charge in [0, 0.05) is 12.5 Å². The van der Waals surface area contributed by atoms with Crippen LogP contribution in [0.4, 0.5) is 10.1 Å². The van der Waals surface area contributed by atoms with Crippen molar-refractivity contribution in [1.82, 2.24) is 0 Å². The highest BCUT2D eigenvalue weighted by molar-refractivity contribution is 6.09. The average Bonchev–Trinajstić information content (AvgIpc) is 2.28. The highest BCUT2D eigenvalue weighted by Gasteiger charge is 2.29. The van der Waals surface area contributed by atoms with Crippen LogP contribution in [0.1, 0.15) is 34.8 Å². The summed E-state index contributed by atoms with van der Waals surface area (Å²) in [4.78, 5) is 23.2. The zero-order valence-electron chi connectivity index (χ0n) is 10.3. The maximum atomic E-state index is 13.7. The van der Waals surface area contributed by atoms with Crippen LogP contribution >= 0.6 is 0 Å². The summed E-state index contributed by atoms with van der Waals surface area (Å²) in [6, 6.07) is 0.612. The first-order chi connectivity index (χ1) is 8.41. The molecule has 2 rings (SSSR count). The number of anilines is 1. The van der Waals surface area contributed by atoms with E-state index >= 15 is 0 Å². The van der Waals surface area contributed by atoms with E-state index in [4.69, 9.17) is 5.73 Å². The van der Waals surface area contributed by atoms with Crippen LogP contribution in [0.15, 0.2) is 6.07 Å². The average molecular weight is 250 g/mol. The summed E-state index contributed by atoms with van der Waals surface area (Å²) in [5.41, 5.74) is 7.43. The Balaban J connectivity index is 2.64. The van der Waals surface area contributed by atoms with Gasteiger partial charge in [-0.1, -0.05) is 0 Å². The van der Waals surface area contributed by atoms with Crippen molar-refractivity contribution in [1.29, 1.82) is 0 Å². The van der Waals surface area contributed by atoms with Crippen LogP contribution in [-0.2, 0) is 11.2 Å². The summed E-state index contributed by atoms with van der Waals surface area (Å²) in [5.74, 6) is -0.990. The number of benzene rings is 1. The van der Waals surface area contributed by atoms with E-state index in [1.54, 1.807) is 6.92 Å². The maximum Gasteiger partial charge on any atom is 0.221 e. The van der Waals surface area contributed by atoms with Gasteiger partial charge in [-0.2, -0.15) is 0 Å². The van der Waals surface area contributed by atoms with Gasteiger partial charge in [0.1, 0.15) is 5.82 Å². The van der Waals surface area contributed by atoms with E-state index in [0.29, 0.717) is 29.5 Å². The number of carbonyl (C=O) groups excluding carboxylic acids is 2. The molecule has 4 nitrogen and oxygen atoms in total. The minimum Gasteiger partial charge on any atom is -0.326 e. The van der Waals surface area contributed by atoms with Gasteiger partial charge in [-0.25, -0.2) is 4.39 Å². The smallest absolute Gasteiger partial charge is 0.221 e. The first-order valence-corrected chi connectivity index (χ1v) is 5.81. The minimum absolute atomic E-state index is 0.223. The Morgan fingerprint density at radius 2 is 2.22 bits per heavy atom. The Kier molecular flexibility index (Phi) is 3.17. The van der Waals surface area contributed by atoms with E-state index in [2.05, 4.69) is 5.32 Å². The monoisotopic (exact) mass is 250 g/mol. The summed E-state index contributed by atoms with van der Waals surface area (Å²) in [6.07, 6.45) is 1.06. The van der Waals surface area contributed by atoms with Gasteiger partial charge in [-0.15, -0.1) is 0 Å². The van der Waals surface area contributed by atoms with Crippen LogP contribution in [0.3, 0.4) is 0 Å². The van der Waals surface area contributed by atoms with E-state index in [1.165, 1.54) is 13.0 Å². The van der Waals surface area contributed by atoms with Crippen molar-refractivity contribution < 1.29 is 14.0 Å². The van der Waals surface area contributed by atoms with Gasteiger partial charge < -0.3 is 11.1 Å². The highest BCUT2D eigenvalue weighted by Crippen LogP contribution is 2.32. The molecule has 0 saturated heterocycles. The normalized spacial score (nSPS) is 18.4. The third-order valence-electron chi connectivity index (χ3n) is 3.25. The van der Waals surface area contributed by atoms with Crippen molar-refractivity contribution in [2.24, 2.45) is 5.73 Å². The van der Waals surface area contributed by atoms with Gasteiger partial charge in [-0.05, 0) is 37.0 Å². The zero-order valence-corrected chi connectivity index (χ0v) is 10.3. The number of hydrogen-bond donors (Lipinski definition) is 2. The van der Waals surface area contributed by atoms with Crippen LogP contribution in [-0.4, -0.2) is 17.7 Å². The quantitative estimate of drug-likeness (QED) is 0.794. The fraction of sp³-hybridized carbons (Fsp3) is 0.385. The fourth-order valence-corrected chi connectivity index (χ4v) is 2.30. The maximum absolute atomic E-state index is 13.7. The van der Waals surface area contributed by atoms with E-state index in [1.807, 2.05) is 0 Å². The number of nitrogens with two attached hydrogens (primary N) is 1. The molecule has 0 unspecified atom stereocenters. The van der Waals surface area contributed by atoms with Crippen molar-refractivity contribution in [3.8, 4) is 0 Å². The van der Waals surface area contributed by atoms with Gasteiger partial charge in [0.05, 0.1) is 11.7 Å². The molecule has 3 N–H and O–H groups in total. The Labute approximate surface area is 104 Å². The Hall–Kier alpha value is -1.75. The van der Waals surface area contributed by atoms with Crippen LogP contribution in [0.2, 0.25) is 0 Å². The van der Waals surface area contributed by atoms with E-state index < -0.39 is 11.9 Å². The van der Waals surface area contributed by atoms with E-state index in [0.717, 1.165) is 0 Å². The van der Waals surface area contributed by atoms with Gasteiger partial charge in [0.25, 0.3) is 0 Å². The van der Waals surface area contributed by atoms with E-state index in [9.17, 15) is 14.0 Å². The summed E-state index contributed by atoms with van der Waals surface area (Å²) >= 11 is 0. The second-order valence-electron chi connectivity index (χ2n) is 4.58. The molecule has 1 aliphatic rings. The molecule has 0 heterocycles. The molecule has 18 heavy (non-hydrogen) atoms. The van der Waals surface area contributed by atoms with Gasteiger partial charge in [-0.3, -0.25) is 9.59 Å². The number of hydrogen-bond acceptors (Lipinski definition) is 3. The van der Waals surface area contributed by atoms with Crippen LogP contribution in [0.5, 0.6) is 0 Å². The third-order valence-corrected chi connectivity index (χ3v) is 3.25. The lowest BCUT2D eigenvalue weighted by Crippen LogP contribution is -2.36. The fourth-order valence-electron chi connectivity index (χ4n) is 2.30. The minimum atomic E-state index is -0.574. The van der Waals surface area contributed by atoms with Gasteiger partial charge in [0.2, 0.25) is 5.91 Å². The molecule has 1 atom stereocenters. The van der Waals surface area contributed by atoms with Gasteiger partial charge >= 0.3 is 0 Å².